The van der Waals surface area contributed by atoms with Gasteiger partial charge in [-0.15, -0.1) is 10.2 Å². The number of aliphatic carboxylic acids is 1. The van der Waals surface area contributed by atoms with Gasteiger partial charge >= 0.3 is 5.97 Å². The predicted molar refractivity (Wildman–Crippen MR) is 62.6 cm³/mol. The predicted octanol–water partition coefficient (Wildman–Crippen LogP) is 1.15. The number of nitrogens with two attached hydrogens (primary N) is 1. The SMILES string of the molecule is CSc1nnc(SCCC(N)C(=O)O)s1. The van der Waals surface area contributed by atoms with Crippen molar-refractivity contribution in [2.24, 2.45) is 5.73 Å². The normalized spacial score (nSPS) is 12.7. The molecule has 0 aliphatic carbocycles. The Morgan fingerprint density at radius 2 is 2.27 bits per heavy atom. The van der Waals surface area contributed by atoms with Crippen LogP contribution < -0.4 is 5.73 Å². The highest BCUT2D eigenvalue weighted by molar-refractivity contribution is 8.02. The Bertz CT molecular complexity index is 331. The highest BCUT2D eigenvalue weighted by atomic mass is 32.2. The number of thioether (sulfide) groups is 2. The lowest BCUT2D eigenvalue weighted by Crippen LogP contribution is -2.30. The largest absolute Gasteiger partial charge is 0.480 e. The fraction of sp³-hybridized carbons (Fsp3) is 0.571. The third-order valence-corrected chi connectivity index (χ3v) is 4.60. The standard InChI is InChI=1S/C7H11N3O2S3/c1-13-6-9-10-7(15-6)14-3-2-4(8)5(11)12/h4H,2-3,8H2,1H3,(H,11,12). The van der Waals surface area contributed by atoms with Gasteiger partial charge in [0.1, 0.15) is 6.04 Å². The number of hydrogen-bond donors (Lipinski definition) is 2. The molecule has 8 heteroatoms. The molecule has 1 aromatic heterocycles. The van der Waals surface area contributed by atoms with Gasteiger partial charge in [-0.3, -0.25) is 4.79 Å². The third-order valence-electron chi connectivity index (χ3n) is 1.53. The van der Waals surface area contributed by atoms with Crippen LogP contribution in [0.25, 0.3) is 0 Å². The van der Waals surface area contributed by atoms with Gasteiger partial charge in [-0.05, 0) is 12.7 Å². The van der Waals surface area contributed by atoms with Crippen molar-refractivity contribution < 1.29 is 9.90 Å². The topological polar surface area (TPSA) is 89.1 Å². The summed E-state index contributed by atoms with van der Waals surface area (Å²) >= 11 is 4.55. The molecule has 1 aromatic rings. The van der Waals surface area contributed by atoms with Gasteiger partial charge < -0.3 is 10.8 Å². The number of carbonyl (C=O) groups is 1. The monoisotopic (exact) mass is 265 g/mol. The van der Waals surface area contributed by atoms with Gasteiger partial charge in [0.15, 0.2) is 8.68 Å². The van der Waals surface area contributed by atoms with Crippen molar-refractivity contribution in [3.05, 3.63) is 0 Å². The summed E-state index contributed by atoms with van der Waals surface area (Å²) in [6.45, 7) is 0. The molecule has 0 amide bonds. The molecule has 5 nitrogen and oxygen atoms in total. The summed E-state index contributed by atoms with van der Waals surface area (Å²) in [5.41, 5.74) is 5.36. The molecule has 1 heterocycles. The first-order valence-corrected chi connectivity index (χ1v) is 7.15. The van der Waals surface area contributed by atoms with Crippen molar-refractivity contribution in [2.45, 2.75) is 21.1 Å². The van der Waals surface area contributed by atoms with E-state index in [1.165, 1.54) is 23.1 Å². The van der Waals surface area contributed by atoms with E-state index in [0.29, 0.717) is 12.2 Å². The second-order valence-electron chi connectivity index (χ2n) is 2.62. The van der Waals surface area contributed by atoms with Crippen LogP contribution in [-0.2, 0) is 4.79 Å². The van der Waals surface area contributed by atoms with Gasteiger partial charge in [-0.1, -0.05) is 34.9 Å². The third kappa shape index (κ3) is 4.37. The second-order valence-corrected chi connectivity index (χ2v) is 5.99. The van der Waals surface area contributed by atoms with Crippen LogP contribution in [0.15, 0.2) is 8.68 Å². The quantitative estimate of drug-likeness (QED) is 0.746. The van der Waals surface area contributed by atoms with E-state index in [2.05, 4.69) is 10.2 Å². The lowest BCUT2D eigenvalue weighted by Gasteiger charge is -2.03. The summed E-state index contributed by atoms with van der Waals surface area (Å²) in [5.74, 6) is -0.311. The molecule has 1 atom stereocenters. The van der Waals surface area contributed by atoms with Gasteiger partial charge in [0.2, 0.25) is 0 Å². The lowest BCUT2D eigenvalue weighted by atomic mass is 10.2. The average molecular weight is 265 g/mol. The zero-order valence-corrected chi connectivity index (χ0v) is 10.5. The number of carboxylic acid groups (broad SMARTS) is 1. The minimum Gasteiger partial charge on any atom is -0.480 e. The summed E-state index contributed by atoms with van der Waals surface area (Å²) in [4.78, 5) is 10.4. The minimum absolute atomic E-state index is 0.439. The maximum absolute atomic E-state index is 10.4. The van der Waals surface area contributed by atoms with Crippen molar-refractivity contribution in [1.82, 2.24) is 10.2 Å². The Hall–Kier alpha value is -0.310. The van der Waals surface area contributed by atoms with Crippen molar-refractivity contribution in [3.8, 4) is 0 Å². The molecule has 0 radical (unpaired) electrons. The molecule has 0 aromatic carbocycles. The Morgan fingerprint density at radius 3 is 2.80 bits per heavy atom. The lowest BCUT2D eigenvalue weighted by molar-refractivity contribution is -0.138. The first kappa shape index (κ1) is 12.8. The number of rotatable bonds is 6. The van der Waals surface area contributed by atoms with Gasteiger partial charge in [-0.25, -0.2) is 0 Å². The molecule has 1 unspecified atom stereocenters. The van der Waals surface area contributed by atoms with Crippen molar-refractivity contribution in [3.63, 3.8) is 0 Å². The zero-order valence-electron chi connectivity index (χ0n) is 8.04. The molecule has 3 N–H and O–H groups in total. The second kappa shape index (κ2) is 6.31. The fourth-order valence-electron chi connectivity index (χ4n) is 0.735. The Kier molecular flexibility index (Phi) is 5.37. The van der Waals surface area contributed by atoms with Crippen LogP contribution in [0.1, 0.15) is 6.42 Å². The summed E-state index contributed by atoms with van der Waals surface area (Å²) in [6, 6.07) is -0.787. The Morgan fingerprint density at radius 1 is 1.60 bits per heavy atom. The van der Waals surface area contributed by atoms with E-state index in [-0.39, 0.29) is 0 Å². The molecule has 0 fully saturated rings. The van der Waals surface area contributed by atoms with E-state index in [1.54, 1.807) is 11.8 Å². The summed E-state index contributed by atoms with van der Waals surface area (Å²) in [7, 11) is 0. The summed E-state index contributed by atoms with van der Waals surface area (Å²) in [5, 5.41) is 16.4. The zero-order chi connectivity index (χ0) is 11.3. The van der Waals surface area contributed by atoms with Crippen molar-refractivity contribution >= 4 is 40.8 Å². The van der Waals surface area contributed by atoms with Crippen molar-refractivity contribution in [2.75, 3.05) is 12.0 Å². The van der Waals surface area contributed by atoms with E-state index < -0.39 is 12.0 Å². The maximum Gasteiger partial charge on any atom is 0.320 e. The van der Waals surface area contributed by atoms with E-state index in [0.717, 1.165) is 8.68 Å². The van der Waals surface area contributed by atoms with Gasteiger partial charge in [0.25, 0.3) is 0 Å². The molecule has 0 saturated heterocycles. The minimum atomic E-state index is -0.960. The number of aromatic nitrogens is 2. The summed E-state index contributed by atoms with van der Waals surface area (Å²) in [6.07, 6.45) is 2.38. The number of hydrogen-bond acceptors (Lipinski definition) is 7. The molecule has 0 aliphatic rings. The summed E-state index contributed by atoms with van der Waals surface area (Å²) < 4.78 is 1.77. The molecule has 84 valence electrons. The van der Waals surface area contributed by atoms with Crippen LogP contribution in [0.5, 0.6) is 0 Å². The van der Waals surface area contributed by atoms with Crippen LogP contribution in [0, 0.1) is 0 Å². The van der Waals surface area contributed by atoms with Crippen LogP contribution >= 0.6 is 34.9 Å². The molecular formula is C7H11N3O2S3. The van der Waals surface area contributed by atoms with Crippen LogP contribution in [0.2, 0.25) is 0 Å². The van der Waals surface area contributed by atoms with Gasteiger partial charge in [0.05, 0.1) is 0 Å². The molecule has 0 spiro atoms. The molecule has 0 aliphatic heterocycles. The molecule has 0 saturated carbocycles. The van der Waals surface area contributed by atoms with E-state index in [9.17, 15) is 4.79 Å². The van der Waals surface area contributed by atoms with Gasteiger partial charge in [-0.2, -0.15) is 0 Å². The Labute approximate surface area is 99.8 Å². The van der Waals surface area contributed by atoms with Crippen LogP contribution in [-0.4, -0.2) is 39.3 Å². The Balaban J connectivity index is 2.28. The molecule has 1 rings (SSSR count). The van der Waals surface area contributed by atoms with Crippen molar-refractivity contribution in [1.29, 1.82) is 0 Å². The van der Waals surface area contributed by atoms with E-state index in [1.807, 2.05) is 6.26 Å². The highest BCUT2D eigenvalue weighted by Gasteiger charge is 2.11. The average Bonchev–Trinajstić information content (AvgIpc) is 2.65. The van der Waals surface area contributed by atoms with Crippen LogP contribution in [0.4, 0.5) is 0 Å². The molecule has 0 bridgehead atoms. The highest BCUT2D eigenvalue weighted by Crippen LogP contribution is 2.27. The molecular weight excluding hydrogens is 254 g/mol. The first-order chi connectivity index (χ1) is 7.13. The number of nitrogens with zero attached hydrogens (tertiary/aromatic N) is 2. The maximum atomic E-state index is 10.4. The van der Waals surface area contributed by atoms with E-state index in [4.69, 9.17) is 10.8 Å². The van der Waals surface area contributed by atoms with Crippen LogP contribution in [0.3, 0.4) is 0 Å². The van der Waals surface area contributed by atoms with Gasteiger partial charge in [0, 0.05) is 5.75 Å². The smallest absolute Gasteiger partial charge is 0.320 e. The van der Waals surface area contributed by atoms with E-state index >= 15 is 0 Å². The molecule has 15 heavy (non-hydrogen) atoms. The fourth-order valence-corrected chi connectivity index (χ4v) is 3.27. The number of carboxylic acids is 1. The first-order valence-electron chi connectivity index (χ1n) is 4.12.